The van der Waals surface area contributed by atoms with E-state index in [9.17, 15) is 35.5 Å². The largest absolute Gasteiger partial charge is 0.416 e. The number of benzene rings is 2. The standard InChI is InChI=1S/C29H26F7N3O3/c1-14(2)26-37-27(42-38-26)18-10-22-25(16-4-6-21(30)7-5-16)23(13-39(22)24(40)11-18)41-15(3)17-8-19(28(31,32)33)12-20(9-17)29(34,35)36/h4-9,11-12,14-15,22-23,25H,10,13H2,1-3H3/t15-,22?,23?,25+/m1/s1. The molecule has 5 rings (SSSR count). The zero-order valence-electron chi connectivity index (χ0n) is 22.6. The smallest absolute Gasteiger partial charge is 0.368 e. The molecule has 0 saturated carbocycles. The Bertz CT molecular complexity index is 1460. The lowest BCUT2D eigenvalue weighted by Gasteiger charge is -2.32. The predicted molar refractivity (Wildman–Crippen MR) is 135 cm³/mol. The highest BCUT2D eigenvalue weighted by molar-refractivity contribution is 5.97. The van der Waals surface area contributed by atoms with Crippen LogP contribution in [0.1, 0.15) is 79.1 Å². The first-order chi connectivity index (χ1) is 19.6. The average molecular weight is 598 g/mol. The number of carbonyl (C=O) groups is 1. The van der Waals surface area contributed by atoms with Crippen LogP contribution in [0.25, 0.3) is 5.57 Å². The maximum Gasteiger partial charge on any atom is 0.416 e. The Morgan fingerprint density at radius 1 is 0.976 bits per heavy atom. The molecule has 3 heterocycles. The van der Waals surface area contributed by atoms with Gasteiger partial charge in [-0.3, -0.25) is 4.79 Å². The Balaban J connectivity index is 1.48. The third kappa shape index (κ3) is 5.92. The van der Waals surface area contributed by atoms with Crippen LogP contribution in [0, 0.1) is 5.82 Å². The van der Waals surface area contributed by atoms with Crippen molar-refractivity contribution < 1.29 is 44.8 Å². The fourth-order valence-corrected chi connectivity index (χ4v) is 5.44. The lowest BCUT2D eigenvalue weighted by Crippen LogP contribution is -2.39. The SMILES string of the molecule is CC(C)c1noc(C2=CC(=O)N3CC(O[C@H](C)c4cc(C(F)(F)F)cc(C(F)(F)F)c4)[C@@H](c4ccc(F)cc4)C3C2)n1. The van der Waals surface area contributed by atoms with Gasteiger partial charge in [0.05, 0.1) is 23.3 Å². The number of alkyl halides is 6. The molecule has 2 unspecified atom stereocenters. The van der Waals surface area contributed by atoms with Crippen LogP contribution >= 0.6 is 0 Å². The number of aromatic nitrogens is 2. The van der Waals surface area contributed by atoms with Gasteiger partial charge >= 0.3 is 12.4 Å². The molecule has 3 aromatic rings. The molecule has 1 saturated heterocycles. The fraction of sp³-hybridized carbons (Fsp3) is 0.414. The summed E-state index contributed by atoms with van der Waals surface area (Å²) in [6.45, 7) is 5.12. The summed E-state index contributed by atoms with van der Waals surface area (Å²) in [5.74, 6) is -0.890. The molecule has 2 aromatic carbocycles. The van der Waals surface area contributed by atoms with E-state index in [4.69, 9.17) is 9.26 Å². The summed E-state index contributed by atoms with van der Waals surface area (Å²) < 4.78 is 106. The van der Waals surface area contributed by atoms with Gasteiger partial charge in [0.2, 0.25) is 5.91 Å². The minimum Gasteiger partial charge on any atom is -0.368 e. The number of amides is 1. The number of hydrogen-bond acceptors (Lipinski definition) is 5. The van der Waals surface area contributed by atoms with Gasteiger partial charge in [0.15, 0.2) is 5.82 Å². The van der Waals surface area contributed by atoms with Crippen LogP contribution in [0.4, 0.5) is 30.7 Å². The first-order valence-corrected chi connectivity index (χ1v) is 13.2. The van der Waals surface area contributed by atoms with Crippen LogP contribution in [0.2, 0.25) is 0 Å². The second-order valence-electron chi connectivity index (χ2n) is 10.8. The zero-order valence-corrected chi connectivity index (χ0v) is 22.6. The Hall–Kier alpha value is -3.74. The van der Waals surface area contributed by atoms with Crippen LogP contribution < -0.4 is 0 Å². The maximum atomic E-state index is 13.8. The second kappa shape index (κ2) is 10.8. The van der Waals surface area contributed by atoms with Crippen molar-refractivity contribution in [3.8, 4) is 0 Å². The third-order valence-electron chi connectivity index (χ3n) is 7.55. The number of nitrogens with zero attached hydrogens (tertiary/aromatic N) is 3. The summed E-state index contributed by atoms with van der Waals surface area (Å²) in [5, 5.41) is 3.95. The van der Waals surface area contributed by atoms with Gasteiger partial charge < -0.3 is 14.2 Å². The second-order valence-corrected chi connectivity index (χ2v) is 10.8. The molecule has 1 amide bonds. The molecule has 0 radical (unpaired) electrons. The quantitative estimate of drug-likeness (QED) is 0.279. The molecule has 0 spiro atoms. The molecule has 2 aliphatic rings. The topological polar surface area (TPSA) is 68.5 Å². The van der Waals surface area contributed by atoms with Crippen LogP contribution in [-0.4, -0.2) is 39.6 Å². The zero-order chi connectivity index (χ0) is 30.6. The molecule has 0 N–H and O–H groups in total. The molecule has 0 aliphatic carbocycles. The Labute approximate surface area is 236 Å². The van der Waals surface area contributed by atoms with Crippen LogP contribution in [0.15, 0.2) is 53.1 Å². The van der Waals surface area contributed by atoms with Crippen molar-refractivity contribution in [2.24, 2.45) is 0 Å². The highest BCUT2D eigenvalue weighted by Gasteiger charge is 2.48. The van der Waals surface area contributed by atoms with E-state index in [-0.39, 0.29) is 36.4 Å². The highest BCUT2D eigenvalue weighted by atomic mass is 19.4. The van der Waals surface area contributed by atoms with Crippen LogP contribution in [-0.2, 0) is 21.9 Å². The first kappa shape index (κ1) is 29.7. The van der Waals surface area contributed by atoms with Crippen molar-refractivity contribution in [3.05, 3.63) is 88.3 Å². The third-order valence-corrected chi connectivity index (χ3v) is 7.55. The van der Waals surface area contributed by atoms with Gasteiger partial charge in [-0.25, -0.2) is 4.39 Å². The molecule has 1 aromatic heterocycles. The van der Waals surface area contributed by atoms with E-state index in [0.29, 0.717) is 29.1 Å². The molecule has 13 heteroatoms. The molecule has 1 fully saturated rings. The van der Waals surface area contributed by atoms with Gasteiger partial charge in [-0.15, -0.1) is 0 Å². The normalized spacial score (nSPS) is 22.0. The van der Waals surface area contributed by atoms with Gasteiger partial charge in [-0.1, -0.05) is 31.1 Å². The number of halogens is 7. The van der Waals surface area contributed by atoms with E-state index in [0.717, 1.165) is 0 Å². The van der Waals surface area contributed by atoms with E-state index in [1.165, 1.54) is 42.2 Å². The molecule has 42 heavy (non-hydrogen) atoms. The maximum absolute atomic E-state index is 13.8. The summed E-state index contributed by atoms with van der Waals surface area (Å²) in [6, 6.07) is 6.27. The summed E-state index contributed by atoms with van der Waals surface area (Å²) in [6.07, 6.45) is -10.5. The van der Waals surface area contributed by atoms with Crippen LogP contribution in [0.5, 0.6) is 0 Å². The molecule has 2 aliphatic heterocycles. The minimum atomic E-state index is -5.01. The Morgan fingerprint density at radius 3 is 2.14 bits per heavy atom. The van der Waals surface area contributed by atoms with Gasteiger partial charge in [0.25, 0.3) is 5.89 Å². The number of fused-ring (bicyclic) bond motifs is 1. The molecular formula is C29H26F7N3O3. The van der Waals surface area contributed by atoms with Crippen molar-refractivity contribution in [2.45, 2.75) is 69.6 Å². The summed E-state index contributed by atoms with van der Waals surface area (Å²) in [4.78, 5) is 19.1. The van der Waals surface area contributed by atoms with Crippen molar-refractivity contribution >= 4 is 11.5 Å². The van der Waals surface area contributed by atoms with Gasteiger partial charge in [0.1, 0.15) is 5.82 Å². The monoisotopic (exact) mass is 597 g/mol. The first-order valence-electron chi connectivity index (χ1n) is 13.2. The fourth-order valence-electron chi connectivity index (χ4n) is 5.44. The number of hydrogen-bond donors (Lipinski definition) is 0. The van der Waals surface area contributed by atoms with Crippen LogP contribution in [0.3, 0.4) is 0 Å². The van der Waals surface area contributed by atoms with E-state index >= 15 is 0 Å². The minimum absolute atomic E-state index is 0.00578. The molecule has 224 valence electrons. The van der Waals surface area contributed by atoms with Gasteiger partial charge in [-0.05, 0) is 54.8 Å². The Morgan fingerprint density at radius 2 is 1.60 bits per heavy atom. The molecule has 0 bridgehead atoms. The molecular weight excluding hydrogens is 571 g/mol. The van der Waals surface area contributed by atoms with Gasteiger partial charge in [0, 0.05) is 36.1 Å². The van der Waals surface area contributed by atoms with E-state index < -0.39 is 59.4 Å². The average Bonchev–Trinajstić information content (AvgIpc) is 3.54. The van der Waals surface area contributed by atoms with Gasteiger partial charge in [-0.2, -0.15) is 31.3 Å². The Kier molecular flexibility index (Phi) is 7.67. The number of carbonyl (C=O) groups excluding carboxylic acids is 1. The lowest BCUT2D eigenvalue weighted by atomic mass is 9.85. The van der Waals surface area contributed by atoms with Crippen molar-refractivity contribution in [2.75, 3.05) is 6.54 Å². The summed E-state index contributed by atoms with van der Waals surface area (Å²) >= 11 is 0. The number of ether oxygens (including phenoxy) is 1. The van der Waals surface area contributed by atoms with Crippen molar-refractivity contribution in [1.29, 1.82) is 0 Å². The summed E-state index contributed by atoms with van der Waals surface area (Å²) in [5.41, 5.74) is -2.16. The van der Waals surface area contributed by atoms with E-state index in [1.54, 1.807) is 0 Å². The highest BCUT2D eigenvalue weighted by Crippen LogP contribution is 2.45. The number of rotatable bonds is 6. The van der Waals surface area contributed by atoms with Crippen molar-refractivity contribution in [1.82, 2.24) is 15.0 Å². The summed E-state index contributed by atoms with van der Waals surface area (Å²) in [7, 11) is 0. The van der Waals surface area contributed by atoms with E-state index in [1.807, 2.05) is 13.8 Å². The molecule has 4 atom stereocenters. The lowest BCUT2D eigenvalue weighted by molar-refractivity contribution is -0.143. The van der Waals surface area contributed by atoms with E-state index in [2.05, 4.69) is 10.1 Å². The van der Waals surface area contributed by atoms with Crippen molar-refractivity contribution in [3.63, 3.8) is 0 Å². The molecule has 6 nitrogen and oxygen atoms in total. The predicted octanol–water partition coefficient (Wildman–Crippen LogP) is 7.30.